The van der Waals surface area contributed by atoms with Crippen LogP contribution >= 0.6 is 11.6 Å². The predicted molar refractivity (Wildman–Crippen MR) is 67.7 cm³/mol. The Hall–Kier alpha value is -0.620. The van der Waals surface area contributed by atoms with Crippen molar-refractivity contribution in [3.05, 3.63) is 28.8 Å². The Morgan fingerprint density at radius 3 is 2.53 bits per heavy atom. The number of halogens is 1. The van der Waals surface area contributed by atoms with E-state index in [-0.39, 0.29) is 18.0 Å². The van der Waals surface area contributed by atoms with E-state index in [2.05, 4.69) is 0 Å². The van der Waals surface area contributed by atoms with Crippen LogP contribution in [0.25, 0.3) is 0 Å². The molecule has 0 bridgehead atoms. The molecule has 0 amide bonds. The van der Waals surface area contributed by atoms with Crippen LogP contribution in [0.2, 0.25) is 5.02 Å². The Labute approximate surface area is 107 Å². The maximum atomic E-state index is 12.3. The highest BCUT2D eigenvalue weighted by Gasteiger charge is 2.24. The first kappa shape index (κ1) is 14.4. The van der Waals surface area contributed by atoms with E-state index in [0.29, 0.717) is 17.1 Å². The molecule has 6 heteroatoms. The number of likely N-dealkylation sites (N-methyl/N-ethyl adjacent to an activating group) is 1. The maximum Gasteiger partial charge on any atom is 0.243 e. The minimum atomic E-state index is -3.55. The van der Waals surface area contributed by atoms with E-state index in [1.807, 2.05) is 0 Å². The molecule has 0 spiro atoms. The van der Waals surface area contributed by atoms with Crippen molar-refractivity contribution in [3.63, 3.8) is 0 Å². The molecule has 0 atom stereocenters. The molecular formula is C11H16ClNO3S. The summed E-state index contributed by atoms with van der Waals surface area (Å²) >= 11 is 5.79. The third kappa shape index (κ3) is 3.19. The molecule has 0 radical (unpaired) electrons. The van der Waals surface area contributed by atoms with Gasteiger partial charge in [-0.15, -0.1) is 0 Å². The van der Waals surface area contributed by atoms with Gasteiger partial charge in [0.25, 0.3) is 0 Å². The molecule has 0 fully saturated rings. The molecule has 0 heterocycles. The molecule has 17 heavy (non-hydrogen) atoms. The minimum Gasteiger partial charge on any atom is -0.395 e. The Morgan fingerprint density at radius 2 is 2.06 bits per heavy atom. The van der Waals surface area contributed by atoms with E-state index in [1.54, 1.807) is 26.0 Å². The highest BCUT2D eigenvalue weighted by molar-refractivity contribution is 7.89. The number of nitrogens with zero attached hydrogens (tertiary/aromatic N) is 1. The summed E-state index contributed by atoms with van der Waals surface area (Å²) in [6, 6.07) is 4.66. The molecule has 4 nitrogen and oxygen atoms in total. The number of aliphatic hydroxyl groups excluding tert-OH is 1. The molecule has 1 aromatic rings. The zero-order valence-corrected chi connectivity index (χ0v) is 11.4. The van der Waals surface area contributed by atoms with E-state index in [0.717, 1.165) is 0 Å². The summed E-state index contributed by atoms with van der Waals surface area (Å²) in [6.07, 6.45) is 0. The molecule has 0 saturated carbocycles. The topological polar surface area (TPSA) is 57.6 Å². The van der Waals surface area contributed by atoms with Crippen LogP contribution in [-0.2, 0) is 10.0 Å². The van der Waals surface area contributed by atoms with Crippen molar-refractivity contribution >= 4 is 21.6 Å². The fraction of sp³-hybridized carbons (Fsp3) is 0.455. The molecule has 0 saturated heterocycles. The summed E-state index contributed by atoms with van der Waals surface area (Å²) in [5, 5.41) is 9.37. The minimum absolute atomic E-state index is 0.0981. The fourth-order valence-electron chi connectivity index (χ4n) is 1.60. The molecular weight excluding hydrogens is 262 g/mol. The Kier molecular flexibility index (Phi) is 4.94. The Morgan fingerprint density at radius 1 is 1.41 bits per heavy atom. The van der Waals surface area contributed by atoms with Crippen LogP contribution in [0.1, 0.15) is 12.5 Å². The van der Waals surface area contributed by atoms with E-state index in [1.165, 1.54) is 10.4 Å². The maximum absolute atomic E-state index is 12.3. The van der Waals surface area contributed by atoms with Crippen LogP contribution < -0.4 is 0 Å². The van der Waals surface area contributed by atoms with Gasteiger partial charge in [0, 0.05) is 18.1 Å². The van der Waals surface area contributed by atoms with Crippen molar-refractivity contribution in [1.29, 1.82) is 0 Å². The average Bonchev–Trinajstić information content (AvgIpc) is 2.24. The Bertz CT molecular complexity index is 487. The number of hydrogen-bond donors (Lipinski definition) is 1. The second-order valence-electron chi connectivity index (χ2n) is 3.63. The van der Waals surface area contributed by atoms with Crippen LogP contribution in [0.3, 0.4) is 0 Å². The first-order valence-corrected chi connectivity index (χ1v) is 7.12. The van der Waals surface area contributed by atoms with Crippen molar-refractivity contribution in [1.82, 2.24) is 4.31 Å². The summed E-state index contributed by atoms with van der Waals surface area (Å²) in [7, 11) is -3.55. The van der Waals surface area contributed by atoms with Gasteiger partial charge in [0.15, 0.2) is 0 Å². The quantitative estimate of drug-likeness (QED) is 0.890. The lowest BCUT2D eigenvalue weighted by atomic mass is 10.2. The molecule has 96 valence electrons. The first-order chi connectivity index (χ1) is 7.93. The lowest BCUT2D eigenvalue weighted by Crippen LogP contribution is -2.33. The highest BCUT2D eigenvalue weighted by Crippen LogP contribution is 2.22. The number of aryl methyl sites for hydroxylation is 1. The molecule has 0 aliphatic carbocycles. The number of sulfonamides is 1. The second kappa shape index (κ2) is 5.82. The average molecular weight is 278 g/mol. The number of aliphatic hydroxyl groups is 1. The fourth-order valence-corrected chi connectivity index (χ4v) is 3.47. The van der Waals surface area contributed by atoms with Gasteiger partial charge in [-0.1, -0.05) is 18.5 Å². The summed E-state index contributed by atoms with van der Waals surface area (Å²) in [6.45, 7) is 3.66. The number of rotatable bonds is 5. The smallest absolute Gasteiger partial charge is 0.243 e. The molecule has 0 aliphatic heterocycles. The summed E-state index contributed by atoms with van der Waals surface area (Å²) in [4.78, 5) is 0.234. The van der Waals surface area contributed by atoms with Crippen LogP contribution in [0.15, 0.2) is 23.1 Å². The molecule has 1 aromatic carbocycles. The van der Waals surface area contributed by atoms with Crippen molar-refractivity contribution in [3.8, 4) is 0 Å². The molecule has 1 rings (SSSR count). The van der Waals surface area contributed by atoms with E-state index in [4.69, 9.17) is 16.7 Å². The summed E-state index contributed by atoms with van der Waals surface area (Å²) < 4.78 is 25.8. The molecule has 0 aromatic heterocycles. The van der Waals surface area contributed by atoms with Gasteiger partial charge >= 0.3 is 0 Å². The second-order valence-corrected chi connectivity index (χ2v) is 5.97. The number of hydrogen-bond acceptors (Lipinski definition) is 3. The standard InChI is InChI=1S/C11H16ClNO3S/c1-3-13(6-7-14)17(15,16)11-5-4-10(12)8-9(11)2/h4-5,8,14H,3,6-7H2,1-2H3. The normalized spacial score (nSPS) is 12.1. The summed E-state index contributed by atoms with van der Waals surface area (Å²) in [5.74, 6) is 0. The monoisotopic (exact) mass is 277 g/mol. The van der Waals surface area contributed by atoms with Crippen LogP contribution in [0.4, 0.5) is 0 Å². The third-order valence-corrected chi connectivity index (χ3v) is 4.83. The van der Waals surface area contributed by atoms with Gasteiger partial charge in [-0.05, 0) is 30.7 Å². The van der Waals surface area contributed by atoms with Gasteiger partial charge < -0.3 is 5.11 Å². The molecule has 1 N–H and O–H groups in total. The van der Waals surface area contributed by atoms with Gasteiger partial charge in [0.05, 0.1) is 11.5 Å². The van der Waals surface area contributed by atoms with Gasteiger partial charge in [-0.25, -0.2) is 8.42 Å². The highest BCUT2D eigenvalue weighted by atomic mass is 35.5. The van der Waals surface area contributed by atoms with Crippen LogP contribution in [0, 0.1) is 6.92 Å². The third-order valence-electron chi connectivity index (χ3n) is 2.46. The van der Waals surface area contributed by atoms with Crippen molar-refractivity contribution in [2.75, 3.05) is 19.7 Å². The van der Waals surface area contributed by atoms with Gasteiger partial charge in [0.1, 0.15) is 0 Å². The zero-order valence-electron chi connectivity index (χ0n) is 9.85. The lowest BCUT2D eigenvalue weighted by molar-refractivity contribution is 0.257. The predicted octanol–water partition coefficient (Wildman–Crippen LogP) is 1.65. The van der Waals surface area contributed by atoms with Gasteiger partial charge in [-0.2, -0.15) is 4.31 Å². The lowest BCUT2D eigenvalue weighted by Gasteiger charge is -2.20. The zero-order chi connectivity index (χ0) is 13.1. The first-order valence-electron chi connectivity index (χ1n) is 5.30. The largest absolute Gasteiger partial charge is 0.395 e. The molecule has 0 unspecified atom stereocenters. The van der Waals surface area contributed by atoms with Crippen molar-refractivity contribution in [2.24, 2.45) is 0 Å². The van der Waals surface area contributed by atoms with E-state index < -0.39 is 10.0 Å². The molecule has 0 aliphatic rings. The van der Waals surface area contributed by atoms with Crippen LogP contribution in [-0.4, -0.2) is 37.5 Å². The van der Waals surface area contributed by atoms with E-state index in [9.17, 15) is 8.42 Å². The SMILES string of the molecule is CCN(CCO)S(=O)(=O)c1ccc(Cl)cc1C. The van der Waals surface area contributed by atoms with Crippen molar-refractivity contribution < 1.29 is 13.5 Å². The van der Waals surface area contributed by atoms with Crippen LogP contribution in [0.5, 0.6) is 0 Å². The van der Waals surface area contributed by atoms with Crippen molar-refractivity contribution in [2.45, 2.75) is 18.7 Å². The summed E-state index contributed by atoms with van der Waals surface area (Å²) in [5.41, 5.74) is 0.605. The van der Waals surface area contributed by atoms with E-state index >= 15 is 0 Å². The number of benzene rings is 1. The Balaban J connectivity index is 3.20. The van der Waals surface area contributed by atoms with Gasteiger partial charge in [-0.3, -0.25) is 0 Å². The van der Waals surface area contributed by atoms with Gasteiger partial charge in [0.2, 0.25) is 10.0 Å².